The molecule has 0 saturated heterocycles. The number of carbonyl (C=O) groups excluding carboxylic acids is 2. The Kier molecular flexibility index (Phi) is 5.04. The van der Waals surface area contributed by atoms with Crippen LogP contribution < -0.4 is 10.00 Å². The Morgan fingerprint density at radius 2 is 2.04 bits per heavy atom. The molecule has 0 atom stereocenters. The van der Waals surface area contributed by atoms with E-state index >= 15 is 0 Å². The maximum atomic E-state index is 12.4. The van der Waals surface area contributed by atoms with Gasteiger partial charge in [-0.1, -0.05) is 26.0 Å². The largest absolute Gasteiger partial charge is 0.381 e. The van der Waals surface area contributed by atoms with E-state index in [1.54, 1.807) is 46.9 Å². The standard InChI is InChI=1S/C18H22N6O3/c1-18(2,3)16(25)13-10-23-9-12(5-6-15(23)20-13)19-17(26)14-11-24(22-21-14)7-8-27-4/h5-6,9-11H,7-8H2,1-4H3,(H,19,26)/p+1. The third-order valence-corrected chi connectivity index (χ3v) is 3.97. The summed E-state index contributed by atoms with van der Waals surface area (Å²) in [6.07, 6.45) is 5.00. The molecule has 0 radical (unpaired) electrons. The van der Waals surface area contributed by atoms with E-state index < -0.39 is 5.41 Å². The zero-order valence-electron chi connectivity index (χ0n) is 15.8. The zero-order chi connectivity index (χ0) is 19.6. The number of nitrogens with one attached hydrogen (secondary N) is 2. The van der Waals surface area contributed by atoms with Crippen molar-refractivity contribution in [2.45, 2.75) is 27.3 Å². The highest BCUT2D eigenvalue weighted by molar-refractivity contribution is 6.02. The molecule has 142 valence electrons. The Morgan fingerprint density at radius 3 is 2.74 bits per heavy atom. The van der Waals surface area contributed by atoms with E-state index in [-0.39, 0.29) is 17.4 Å². The topological polar surface area (TPSA) is 105 Å². The molecule has 1 amide bonds. The Bertz CT molecular complexity index is 983. The maximum Gasteiger partial charge on any atom is 0.306 e. The van der Waals surface area contributed by atoms with Gasteiger partial charge in [-0.05, 0) is 12.1 Å². The lowest BCUT2D eigenvalue weighted by Crippen LogP contribution is -2.37. The Balaban J connectivity index is 1.76. The molecule has 0 bridgehead atoms. The Labute approximate surface area is 156 Å². The van der Waals surface area contributed by atoms with Crippen LogP contribution in [0.2, 0.25) is 0 Å². The van der Waals surface area contributed by atoms with E-state index in [0.717, 1.165) is 0 Å². The van der Waals surface area contributed by atoms with Crippen LogP contribution in [0.1, 0.15) is 41.7 Å². The predicted octanol–water partition coefficient (Wildman–Crippen LogP) is 1.47. The monoisotopic (exact) mass is 371 g/mol. The van der Waals surface area contributed by atoms with Crippen LogP contribution >= 0.6 is 0 Å². The minimum atomic E-state index is -0.507. The highest BCUT2D eigenvalue weighted by Crippen LogP contribution is 2.21. The lowest BCUT2D eigenvalue weighted by atomic mass is 9.89. The van der Waals surface area contributed by atoms with Crippen molar-refractivity contribution in [1.29, 1.82) is 0 Å². The van der Waals surface area contributed by atoms with Gasteiger partial charge in [0, 0.05) is 24.9 Å². The fourth-order valence-electron chi connectivity index (χ4n) is 2.49. The SMILES string of the molecule is COCC[n+]1cc(C(=O)Nc2ccc3nc(C(=O)C(C)(C)C)cn3c2)n[nH]1. The summed E-state index contributed by atoms with van der Waals surface area (Å²) in [5, 5.41) is 9.52. The normalized spacial score (nSPS) is 11.7. The van der Waals surface area contributed by atoms with Crippen LogP contribution in [0.15, 0.2) is 30.7 Å². The van der Waals surface area contributed by atoms with Gasteiger partial charge in [0.2, 0.25) is 0 Å². The molecule has 0 unspecified atom stereocenters. The summed E-state index contributed by atoms with van der Waals surface area (Å²) in [6, 6.07) is 3.48. The van der Waals surface area contributed by atoms with E-state index in [0.29, 0.717) is 30.2 Å². The second kappa shape index (κ2) is 7.28. The highest BCUT2D eigenvalue weighted by atomic mass is 16.5. The van der Waals surface area contributed by atoms with Gasteiger partial charge in [-0.15, -0.1) is 0 Å². The number of methoxy groups -OCH3 is 1. The quantitative estimate of drug-likeness (QED) is 0.504. The molecule has 3 rings (SSSR count). The van der Waals surface area contributed by atoms with E-state index in [2.05, 4.69) is 20.6 Å². The molecule has 0 saturated carbocycles. The summed E-state index contributed by atoms with van der Waals surface area (Å²) in [5.41, 5.74) is 1.37. The number of H-pyrrole nitrogens is 1. The summed E-state index contributed by atoms with van der Waals surface area (Å²) in [4.78, 5) is 29.1. The number of pyridine rings is 1. The van der Waals surface area contributed by atoms with Gasteiger partial charge in [-0.3, -0.25) is 9.59 Å². The first kappa shape index (κ1) is 18.7. The van der Waals surface area contributed by atoms with Gasteiger partial charge in [0.15, 0.2) is 12.0 Å². The number of aromatic nitrogens is 5. The molecule has 9 heteroatoms. The third-order valence-electron chi connectivity index (χ3n) is 3.97. The molecule has 2 N–H and O–H groups in total. The van der Waals surface area contributed by atoms with Crippen molar-refractivity contribution in [3.05, 3.63) is 42.1 Å². The average molecular weight is 371 g/mol. The number of amides is 1. The van der Waals surface area contributed by atoms with Crippen LogP contribution in [0, 0.1) is 5.41 Å². The van der Waals surface area contributed by atoms with Gasteiger partial charge in [0.25, 0.3) is 0 Å². The van der Waals surface area contributed by atoms with Crippen LogP contribution in [0.3, 0.4) is 0 Å². The summed E-state index contributed by atoms with van der Waals surface area (Å²) >= 11 is 0. The lowest BCUT2D eigenvalue weighted by molar-refractivity contribution is -0.754. The molecule has 0 fully saturated rings. The summed E-state index contributed by atoms with van der Waals surface area (Å²) in [5.74, 6) is -0.373. The fraction of sp³-hybridized carbons (Fsp3) is 0.389. The van der Waals surface area contributed by atoms with Gasteiger partial charge in [-0.25, -0.2) is 4.98 Å². The third kappa shape index (κ3) is 4.20. The van der Waals surface area contributed by atoms with E-state index in [1.165, 1.54) is 0 Å². The van der Waals surface area contributed by atoms with E-state index in [1.807, 2.05) is 20.8 Å². The first-order valence-corrected chi connectivity index (χ1v) is 8.56. The van der Waals surface area contributed by atoms with Crippen molar-refractivity contribution in [2.24, 2.45) is 5.41 Å². The summed E-state index contributed by atoms with van der Waals surface area (Å²) in [6.45, 7) is 6.65. The molecular weight excluding hydrogens is 348 g/mol. The van der Waals surface area contributed by atoms with Gasteiger partial charge in [-0.2, -0.15) is 4.68 Å². The molecule has 27 heavy (non-hydrogen) atoms. The van der Waals surface area contributed by atoms with Crippen LogP contribution in [0.25, 0.3) is 5.65 Å². The number of hydrogen-bond donors (Lipinski definition) is 2. The van der Waals surface area contributed by atoms with Gasteiger partial charge in [0.1, 0.15) is 17.9 Å². The zero-order valence-corrected chi connectivity index (χ0v) is 15.8. The minimum Gasteiger partial charge on any atom is -0.381 e. The first-order chi connectivity index (χ1) is 12.8. The number of anilines is 1. The number of carbonyl (C=O) groups is 2. The number of Topliss-reactive ketones (excluding diaryl/α,β-unsaturated/α-hetero) is 1. The van der Waals surface area contributed by atoms with Crippen LogP contribution in [0.5, 0.6) is 0 Å². The van der Waals surface area contributed by atoms with E-state index in [9.17, 15) is 9.59 Å². The van der Waals surface area contributed by atoms with Crippen LogP contribution in [-0.4, -0.2) is 45.1 Å². The Morgan fingerprint density at radius 1 is 1.26 bits per heavy atom. The maximum absolute atomic E-state index is 12.4. The summed E-state index contributed by atoms with van der Waals surface area (Å²) < 4.78 is 8.38. The molecule has 0 spiro atoms. The lowest BCUT2D eigenvalue weighted by Gasteiger charge is -2.13. The van der Waals surface area contributed by atoms with Crippen molar-refractivity contribution >= 4 is 23.0 Å². The second-order valence-corrected chi connectivity index (χ2v) is 7.25. The van der Waals surface area contributed by atoms with Crippen LogP contribution in [-0.2, 0) is 11.3 Å². The minimum absolute atomic E-state index is 0.0334. The smallest absolute Gasteiger partial charge is 0.306 e. The molecule has 0 aromatic carbocycles. The van der Waals surface area contributed by atoms with E-state index in [4.69, 9.17) is 4.74 Å². The number of nitrogens with zero attached hydrogens (tertiary/aromatic N) is 4. The van der Waals surface area contributed by atoms with Crippen molar-refractivity contribution in [3.63, 3.8) is 0 Å². The van der Waals surface area contributed by atoms with Crippen molar-refractivity contribution in [2.75, 3.05) is 19.0 Å². The fourth-order valence-corrected chi connectivity index (χ4v) is 2.49. The number of rotatable bonds is 6. The molecule has 0 aliphatic rings. The second-order valence-electron chi connectivity index (χ2n) is 7.25. The average Bonchev–Trinajstić information content (AvgIpc) is 3.24. The molecule has 0 aliphatic heterocycles. The summed E-state index contributed by atoms with van der Waals surface area (Å²) in [7, 11) is 1.61. The van der Waals surface area contributed by atoms with Gasteiger partial charge in [0.05, 0.1) is 17.4 Å². The molecular formula is C18H23N6O3+. The molecule has 9 nitrogen and oxygen atoms in total. The van der Waals surface area contributed by atoms with Crippen LogP contribution in [0.4, 0.5) is 5.69 Å². The number of imidazole rings is 1. The number of hydrogen-bond acceptors (Lipinski definition) is 5. The van der Waals surface area contributed by atoms with Crippen molar-refractivity contribution < 1.29 is 19.0 Å². The highest BCUT2D eigenvalue weighted by Gasteiger charge is 2.25. The Hall–Kier alpha value is -3.07. The molecule has 3 aromatic heterocycles. The molecule has 3 aromatic rings. The number of ketones is 1. The number of aromatic amines is 1. The number of ether oxygens (including phenoxy) is 1. The van der Waals surface area contributed by atoms with Gasteiger partial charge < -0.3 is 14.5 Å². The first-order valence-electron chi connectivity index (χ1n) is 8.56. The van der Waals surface area contributed by atoms with Gasteiger partial charge >= 0.3 is 11.6 Å². The van der Waals surface area contributed by atoms with Crippen molar-refractivity contribution in [1.82, 2.24) is 19.7 Å². The molecule has 3 heterocycles. The predicted molar refractivity (Wildman–Crippen MR) is 97.6 cm³/mol. The van der Waals surface area contributed by atoms with Crippen molar-refractivity contribution in [3.8, 4) is 0 Å². The molecule has 0 aliphatic carbocycles. The number of fused-ring (bicyclic) bond motifs is 1.